The highest BCUT2D eigenvalue weighted by molar-refractivity contribution is 9.10. The van der Waals surface area contributed by atoms with Crippen LogP contribution in [-0.4, -0.2) is 21.0 Å². The molecule has 0 saturated heterocycles. The molecule has 0 aliphatic carbocycles. The molecule has 0 saturated carbocycles. The molecule has 0 atom stereocenters. The average Bonchev–Trinajstić information content (AvgIpc) is 2.46. The molecule has 0 aliphatic heterocycles. The minimum atomic E-state index is -0.975. The van der Waals surface area contributed by atoms with Crippen molar-refractivity contribution in [1.29, 1.82) is 0 Å². The largest absolute Gasteiger partial charge is 0.478 e. The first-order valence-corrected chi connectivity index (χ1v) is 6.70. The maximum atomic E-state index is 11.0. The van der Waals surface area contributed by atoms with Crippen LogP contribution in [0.3, 0.4) is 0 Å². The predicted molar refractivity (Wildman–Crippen MR) is 79.6 cm³/mol. The Morgan fingerprint density at radius 1 is 1.00 bits per heavy atom. The molecule has 0 aliphatic rings. The molecule has 1 heterocycles. The van der Waals surface area contributed by atoms with Crippen LogP contribution in [0.1, 0.15) is 10.4 Å². The zero-order valence-electron chi connectivity index (χ0n) is 10.2. The summed E-state index contributed by atoms with van der Waals surface area (Å²) < 4.78 is 0.596. The number of nitrogens with zero attached hydrogens (tertiary/aromatic N) is 2. The molecule has 3 rings (SSSR count). The highest BCUT2D eigenvalue weighted by Crippen LogP contribution is 2.27. The molecule has 5 heteroatoms. The summed E-state index contributed by atoms with van der Waals surface area (Å²) in [7, 11) is 0. The molecule has 0 fully saturated rings. The third-order valence-electron chi connectivity index (χ3n) is 2.92. The van der Waals surface area contributed by atoms with Gasteiger partial charge in [0.25, 0.3) is 0 Å². The van der Waals surface area contributed by atoms with E-state index in [9.17, 15) is 4.79 Å². The number of halogens is 1. The second kappa shape index (κ2) is 5.02. The Kier molecular flexibility index (Phi) is 3.20. The number of aromatic carboxylic acids is 1. The topological polar surface area (TPSA) is 63.1 Å². The van der Waals surface area contributed by atoms with E-state index in [-0.39, 0.29) is 5.56 Å². The van der Waals surface area contributed by atoms with Gasteiger partial charge in [0.2, 0.25) is 0 Å². The van der Waals surface area contributed by atoms with Crippen molar-refractivity contribution in [1.82, 2.24) is 9.97 Å². The Labute approximate surface area is 123 Å². The number of hydrogen-bond donors (Lipinski definition) is 1. The van der Waals surface area contributed by atoms with E-state index < -0.39 is 5.97 Å². The van der Waals surface area contributed by atoms with Gasteiger partial charge in [0.15, 0.2) is 0 Å². The fraction of sp³-hybridized carbons (Fsp3) is 0. The highest BCUT2D eigenvalue weighted by atomic mass is 79.9. The van der Waals surface area contributed by atoms with Crippen LogP contribution in [0.2, 0.25) is 0 Å². The van der Waals surface area contributed by atoms with Gasteiger partial charge >= 0.3 is 5.97 Å². The Bertz CT molecular complexity index is 804. The third kappa shape index (κ3) is 2.28. The molecular weight excluding hydrogens is 320 g/mol. The van der Waals surface area contributed by atoms with Crippen LogP contribution in [0.25, 0.3) is 22.3 Å². The molecule has 4 nitrogen and oxygen atoms in total. The standard InChI is InChI=1S/C15H9BrN2O2/c16-14-13(9-4-2-1-3-5-9)17-11-7-6-10(15(19)20)8-12(11)18-14/h1-8H,(H,19,20). The molecular formula is C15H9BrN2O2. The fourth-order valence-electron chi connectivity index (χ4n) is 1.95. The van der Waals surface area contributed by atoms with Crippen LogP contribution >= 0.6 is 15.9 Å². The maximum Gasteiger partial charge on any atom is 0.335 e. The third-order valence-corrected chi connectivity index (χ3v) is 3.47. The lowest BCUT2D eigenvalue weighted by atomic mass is 10.1. The van der Waals surface area contributed by atoms with Crippen LogP contribution in [0.5, 0.6) is 0 Å². The monoisotopic (exact) mass is 328 g/mol. The normalized spacial score (nSPS) is 10.7. The number of carbonyl (C=O) groups is 1. The van der Waals surface area contributed by atoms with Crippen molar-refractivity contribution >= 4 is 32.9 Å². The van der Waals surface area contributed by atoms with Gasteiger partial charge in [-0.05, 0) is 34.1 Å². The molecule has 98 valence electrons. The lowest BCUT2D eigenvalue weighted by molar-refractivity contribution is 0.0697. The van der Waals surface area contributed by atoms with Crippen LogP contribution in [-0.2, 0) is 0 Å². The number of rotatable bonds is 2. The first-order valence-electron chi connectivity index (χ1n) is 5.91. The summed E-state index contributed by atoms with van der Waals surface area (Å²) in [4.78, 5) is 19.9. The van der Waals surface area contributed by atoms with Gasteiger partial charge < -0.3 is 5.11 Å². The second-order valence-corrected chi connectivity index (χ2v) is 4.99. The molecule has 3 aromatic rings. The van der Waals surface area contributed by atoms with E-state index in [1.165, 1.54) is 12.1 Å². The first kappa shape index (κ1) is 12.7. The predicted octanol–water partition coefficient (Wildman–Crippen LogP) is 3.76. The summed E-state index contributed by atoms with van der Waals surface area (Å²) in [6, 6.07) is 14.4. The molecule has 1 aromatic heterocycles. The van der Waals surface area contributed by atoms with Gasteiger partial charge in [0.1, 0.15) is 10.3 Å². The lowest BCUT2D eigenvalue weighted by Gasteiger charge is -2.06. The van der Waals surface area contributed by atoms with E-state index in [4.69, 9.17) is 5.11 Å². The summed E-state index contributed by atoms with van der Waals surface area (Å²) in [5, 5.41) is 8.99. The minimum absolute atomic E-state index is 0.200. The molecule has 0 radical (unpaired) electrons. The van der Waals surface area contributed by atoms with Crippen molar-refractivity contribution < 1.29 is 9.90 Å². The van der Waals surface area contributed by atoms with Crippen LogP contribution in [0.15, 0.2) is 53.1 Å². The van der Waals surface area contributed by atoms with Crippen molar-refractivity contribution in [3.63, 3.8) is 0 Å². The fourth-order valence-corrected chi connectivity index (χ4v) is 2.45. The summed E-state index contributed by atoms with van der Waals surface area (Å²) in [6.45, 7) is 0. The van der Waals surface area contributed by atoms with E-state index in [2.05, 4.69) is 25.9 Å². The zero-order valence-corrected chi connectivity index (χ0v) is 11.8. The van der Waals surface area contributed by atoms with E-state index >= 15 is 0 Å². The number of aromatic nitrogens is 2. The number of carboxylic acid groups (broad SMARTS) is 1. The summed E-state index contributed by atoms with van der Waals surface area (Å²) in [5.41, 5.74) is 3.11. The Balaban J connectivity index is 2.20. The van der Waals surface area contributed by atoms with Gasteiger partial charge in [0, 0.05) is 5.56 Å². The van der Waals surface area contributed by atoms with Gasteiger partial charge in [-0.2, -0.15) is 0 Å². The maximum absolute atomic E-state index is 11.0. The van der Waals surface area contributed by atoms with E-state index in [1.807, 2.05) is 30.3 Å². The molecule has 2 aromatic carbocycles. The SMILES string of the molecule is O=C(O)c1ccc2nc(-c3ccccc3)c(Br)nc2c1. The molecule has 1 N–H and O–H groups in total. The van der Waals surface area contributed by atoms with Crippen molar-refractivity contribution in [2.45, 2.75) is 0 Å². The Morgan fingerprint density at radius 3 is 2.45 bits per heavy atom. The molecule has 0 amide bonds. The number of fused-ring (bicyclic) bond motifs is 1. The van der Waals surface area contributed by atoms with Gasteiger partial charge in [-0.3, -0.25) is 0 Å². The second-order valence-electron chi connectivity index (χ2n) is 4.24. The quantitative estimate of drug-likeness (QED) is 0.778. The van der Waals surface area contributed by atoms with Crippen molar-refractivity contribution in [2.24, 2.45) is 0 Å². The number of hydrogen-bond acceptors (Lipinski definition) is 3. The Hall–Kier alpha value is -2.27. The van der Waals surface area contributed by atoms with E-state index in [1.54, 1.807) is 6.07 Å². The van der Waals surface area contributed by atoms with Gasteiger partial charge in [-0.15, -0.1) is 0 Å². The van der Waals surface area contributed by atoms with Gasteiger partial charge in [-0.25, -0.2) is 14.8 Å². The van der Waals surface area contributed by atoms with Crippen LogP contribution < -0.4 is 0 Å². The molecule has 0 spiro atoms. The number of carboxylic acids is 1. The van der Waals surface area contributed by atoms with E-state index in [0.29, 0.717) is 15.6 Å². The summed E-state index contributed by atoms with van der Waals surface area (Å²) >= 11 is 3.39. The zero-order chi connectivity index (χ0) is 14.1. The molecule has 0 unspecified atom stereocenters. The van der Waals surface area contributed by atoms with Gasteiger partial charge in [0.05, 0.1) is 16.6 Å². The first-order chi connectivity index (χ1) is 9.65. The smallest absolute Gasteiger partial charge is 0.335 e. The van der Waals surface area contributed by atoms with Gasteiger partial charge in [-0.1, -0.05) is 30.3 Å². The summed E-state index contributed by atoms with van der Waals surface area (Å²) in [6.07, 6.45) is 0. The average molecular weight is 329 g/mol. The van der Waals surface area contributed by atoms with Crippen LogP contribution in [0, 0.1) is 0 Å². The molecule has 0 bridgehead atoms. The minimum Gasteiger partial charge on any atom is -0.478 e. The van der Waals surface area contributed by atoms with Crippen LogP contribution in [0.4, 0.5) is 0 Å². The summed E-state index contributed by atoms with van der Waals surface area (Å²) in [5.74, 6) is -0.975. The highest BCUT2D eigenvalue weighted by Gasteiger charge is 2.10. The van der Waals surface area contributed by atoms with Crippen molar-refractivity contribution in [3.8, 4) is 11.3 Å². The van der Waals surface area contributed by atoms with Crippen molar-refractivity contribution in [2.75, 3.05) is 0 Å². The van der Waals surface area contributed by atoms with E-state index in [0.717, 1.165) is 11.3 Å². The Morgan fingerprint density at radius 2 is 1.75 bits per heavy atom. The lowest BCUT2D eigenvalue weighted by Crippen LogP contribution is -1.98. The van der Waals surface area contributed by atoms with Crippen molar-refractivity contribution in [3.05, 3.63) is 58.7 Å². The molecule has 20 heavy (non-hydrogen) atoms. The number of benzene rings is 2.